The number of ether oxygens (including phenoxy) is 1. The molecule has 1 N–H and O–H groups in total. The topological polar surface area (TPSA) is 55.4 Å². The van der Waals surface area contributed by atoms with E-state index < -0.39 is 9.84 Å². The molecule has 0 aromatic carbocycles. The molecule has 1 heterocycles. The Morgan fingerprint density at radius 3 is 2.88 bits per heavy atom. The van der Waals surface area contributed by atoms with Crippen LogP contribution in [0.5, 0.6) is 0 Å². The molecule has 0 aromatic rings. The van der Waals surface area contributed by atoms with Crippen molar-refractivity contribution in [3.63, 3.8) is 0 Å². The molecule has 1 rings (SSSR count). The molecule has 1 atom stereocenters. The fraction of sp³-hybridized carbons (Fsp3) is 1.00. The number of unbranched alkanes of at least 4 members (excludes halogenated alkanes) is 1. The van der Waals surface area contributed by atoms with Gasteiger partial charge in [-0.1, -0.05) is 0 Å². The van der Waals surface area contributed by atoms with Crippen molar-refractivity contribution < 1.29 is 13.2 Å². The highest BCUT2D eigenvalue weighted by atomic mass is 32.2. The van der Waals surface area contributed by atoms with Gasteiger partial charge >= 0.3 is 0 Å². The Bertz CT molecular complexity index is 277. The van der Waals surface area contributed by atoms with Gasteiger partial charge in [0.1, 0.15) is 0 Å². The Morgan fingerprint density at radius 2 is 2.19 bits per heavy atom. The minimum absolute atomic E-state index is 0.172. The maximum Gasteiger partial charge on any atom is 0.151 e. The summed E-state index contributed by atoms with van der Waals surface area (Å²) in [6.45, 7) is 4.47. The molecule has 0 bridgehead atoms. The lowest BCUT2D eigenvalue weighted by Gasteiger charge is -2.23. The summed E-state index contributed by atoms with van der Waals surface area (Å²) >= 11 is 0. The van der Waals surface area contributed by atoms with E-state index in [-0.39, 0.29) is 6.04 Å². The Labute approximate surface area is 98.7 Å². The summed E-state index contributed by atoms with van der Waals surface area (Å²) in [5, 5.41) is 3.32. The smallest absolute Gasteiger partial charge is 0.151 e. The average molecular weight is 249 g/mol. The first-order valence-electron chi connectivity index (χ1n) is 6.15. The summed E-state index contributed by atoms with van der Waals surface area (Å²) in [7, 11) is -2.77. The summed E-state index contributed by atoms with van der Waals surface area (Å²) in [4.78, 5) is 0. The SMILES string of the molecule is CCOCCCCNC1CCCS(=O)(=O)C1. The maximum atomic E-state index is 11.4. The summed E-state index contributed by atoms with van der Waals surface area (Å²) in [6, 6.07) is 0.172. The fourth-order valence-corrected chi connectivity index (χ4v) is 3.63. The summed E-state index contributed by atoms with van der Waals surface area (Å²) in [6.07, 6.45) is 3.89. The minimum Gasteiger partial charge on any atom is -0.382 e. The van der Waals surface area contributed by atoms with Crippen molar-refractivity contribution in [1.29, 1.82) is 0 Å². The van der Waals surface area contributed by atoms with Crippen LogP contribution in [0.3, 0.4) is 0 Å². The van der Waals surface area contributed by atoms with Gasteiger partial charge in [0.05, 0.1) is 11.5 Å². The van der Waals surface area contributed by atoms with Crippen LogP contribution >= 0.6 is 0 Å². The molecule has 96 valence electrons. The Morgan fingerprint density at radius 1 is 1.38 bits per heavy atom. The van der Waals surface area contributed by atoms with Crippen LogP contribution in [0, 0.1) is 0 Å². The van der Waals surface area contributed by atoms with Gasteiger partial charge in [-0.2, -0.15) is 0 Å². The average Bonchev–Trinajstić information content (AvgIpc) is 2.22. The Balaban J connectivity index is 2.04. The second-order valence-electron chi connectivity index (χ2n) is 4.31. The third-order valence-corrected chi connectivity index (χ3v) is 4.64. The fourth-order valence-electron chi connectivity index (χ4n) is 1.96. The molecule has 0 radical (unpaired) electrons. The van der Waals surface area contributed by atoms with E-state index in [0.29, 0.717) is 11.5 Å². The molecule has 5 heteroatoms. The summed E-state index contributed by atoms with van der Waals surface area (Å²) in [5.41, 5.74) is 0. The first-order chi connectivity index (χ1) is 7.64. The molecule has 0 spiro atoms. The molecule has 0 aromatic heterocycles. The molecular formula is C11H23NO3S. The van der Waals surface area contributed by atoms with E-state index >= 15 is 0 Å². The molecule has 1 aliphatic rings. The van der Waals surface area contributed by atoms with Crippen molar-refractivity contribution in [3.05, 3.63) is 0 Å². The van der Waals surface area contributed by atoms with Gasteiger partial charge in [-0.15, -0.1) is 0 Å². The van der Waals surface area contributed by atoms with Crippen molar-refractivity contribution in [3.8, 4) is 0 Å². The lowest BCUT2D eigenvalue weighted by Crippen LogP contribution is -2.40. The van der Waals surface area contributed by atoms with E-state index in [2.05, 4.69) is 5.32 Å². The third-order valence-electron chi connectivity index (χ3n) is 2.82. The molecule has 0 aliphatic carbocycles. The van der Waals surface area contributed by atoms with Gasteiger partial charge in [-0.05, 0) is 39.2 Å². The van der Waals surface area contributed by atoms with Crippen LogP contribution in [-0.4, -0.2) is 45.7 Å². The monoisotopic (exact) mass is 249 g/mol. The van der Waals surface area contributed by atoms with E-state index in [9.17, 15) is 8.42 Å². The predicted octanol–water partition coefficient (Wildman–Crippen LogP) is 0.970. The second kappa shape index (κ2) is 7.25. The second-order valence-corrected chi connectivity index (χ2v) is 6.54. The molecule has 16 heavy (non-hydrogen) atoms. The number of rotatable bonds is 7. The van der Waals surface area contributed by atoms with Crippen molar-refractivity contribution in [1.82, 2.24) is 5.32 Å². The van der Waals surface area contributed by atoms with E-state index in [1.165, 1.54) is 0 Å². The van der Waals surface area contributed by atoms with Crippen LogP contribution in [0.15, 0.2) is 0 Å². The minimum atomic E-state index is -2.77. The quantitative estimate of drug-likeness (QED) is 0.683. The van der Waals surface area contributed by atoms with Crippen molar-refractivity contribution in [2.24, 2.45) is 0 Å². The number of sulfone groups is 1. The van der Waals surface area contributed by atoms with Crippen LogP contribution in [0.1, 0.15) is 32.6 Å². The van der Waals surface area contributed by atoms with Gasteiger partial charge in [-0.25, -0.2) is 8.42 Å². The van der Waals surface area contributed by atoms with Gasteiger partial charge in [0.2, 0.25) is 0 Å². The molecule has 1 fully saturated rings. The first-order valence-corrected chi connectivity index (χ1v) is 7.98. The zero-order valence-corrected chi connectivity index (χ0v) is 10.9. The van der Waals surface area contributed by atoms with Gasteiger partial charge in [-0.3, -0.25) is 0 Å². The van der Waals surface area contributed by atoms with E-state index in [4.69, 9.17) is 4.74 Å². The van der Waals surface area contributed by atoms with E-state index in [0.717, 1.165) is 45.4 Å². The lowest BCUT2D eigenvalue weighted by molar-refractivity contribution is 0.143. The highest BCUT2D eigenvalue weighted by Crippen LogP contribution is 2.11. The molecule has 1 unspecified atom stereocenters. The normalized spacial score (nSPS) is 24.4. The Kier molecular flexibility index (Phi) is 6.31. The predicted molar refractivity (Wildman–Crippen MR) is 65.4 cm³/mol. The van der Waals surface area contributed by atoms with Crippen LogP contribution in [0.4, 0.5) is 0 Å². The first kappa shape index (κ1) is 13.9. The zero-order valence-electron chi connectivity index (χ0n) is 10.1. The highest BCUT2D eigenvalue weighted by molar-refractivity contribution is 7.91. The van der Waals surface area contributed by atoms with Gasteiger partial charge in [0.25, 0.3) is 0 Å². The largest absolute Gasteiger partial charge is 0.382 e. The maximum absolute atomic E-state index is 11.4. The van der Waals surface area contributed by atoms with Gasteiger partial charge in [0, 0.05) is 19.3 Å². The highest BCUT2D eigenvalue weighted by Gasteiger charge is 2.23. The molecule has 0 amide bonds. The number of hydrogen-bond donors (Lipinski definition) is 1. The molecule has 1 aliphatic heterocycles. The van der Waals surface area contributed by atoms with Crippen LogP contribution in [0.25, 0.3) is 0 Å². The zero-order chi connectivity index (χ0) is 11.9. The van der Waals surface area contributed by atoms with Crippen LogP contribution in [0.2, 0.25) is 0 Å². The third kappa shape index (κ3) is 5.82. The van der Waals surface area contributed by atoms with Gasteiger partial charge < -0.3 is 10.1 Å². The number of hydrogen-bond acceptors (Lipinski definition) is 4. The van der Waals surface area contributed by atoms with Crippen molar-refractivity contribution >= 4 is 9.84 Å². The van der Waals surface area contributed by atoms with E-state index in [1.54, 1.807) is 0 Å². The van der Waals surface area contributed by atoms with Crippen LogP contribution in [-0.2, 0) is 14.6 Å². The van der Waals surface area contributed by atoms with Crippen molar-refractivity contribution in [2.75, 3.05) is 31.3 Å². The number of nitrogens with one attached hydrogen (secondary N) is 1. The standard InChI is InChI=1S/C11H23NO3S/c1-2-15-8-4-3-7-12-11-6-5-9-16(13,14)10-11/h11-12H,2-10H2,1H3. The van der Waals surface area contributed by atoms with Crippen molar-refractivity contribution in [2.45, 2.75) is 38.6 Å². The van der Waals surface area contributed by atoms with Gasteiger partial charge in [0.15, 0.2) is 9.84 Å². The van der Waals surface area contributed by atoms with Crippen LogP contribution < -0.4 is 5.32 Å². The molecule has 1 saturated heterocycles. The Hall–Kier alpha value is -0.130. The van der Waals surface area contributed by atoms with E-state index in [1.807, 2.05) is 6.92 Å². The lowest BCUT2D eigenvalue weighted by atomic mass is 10.2. The summed E-state index contributed by atoms with van der Waals surface area (Å²) in [5.74, 6) is 0.688. The summed E-state index contributed by atoms with van der Waals surface area (Å²) < 4.78 is 28.0. The molecule has 0 saturated carbocycles. The molecule has 4 nitrogen and oxygen atoms in total. The molecular weight excluding hydrogens is 226 g/mol.